The summed E-state index contributed by atoms with van der Waals surface area (Å²) in [5.74, 6) is 0.261. The van der Waals surface area contributed by atoms with Gasteiger partial charge in [-0.1, -0.05) is 0 Å². The van der Waals surface area contributed by atoms with Gasteiger partial charge < -0.3 is 5.73 Å². The number of halogens is 3. The molecule has 5 rings (SSSR count). The first kappa shape index (κ1) is 27.0. The van der Waals surface area contributed by atoms with Gasteiger partial charge in [-0.3, -0.25) is 0 Å². The molecule has 2 unspecified atom stereocenters. The van der Waals surface area contributed by atoms with Gasteiger partial charge in [0.2, 0.25) is 0 Å². The Balaban J connectivity index is 1.45. The molecule has 202 valence electrons. The molecule has 1 saturated carbocycles. The van der Waals surface area contributed by atoms with Gasteiger partial charge in [-0.15, -0.1) is 0 Å². The number of phenols is 1. The summed E-state index contributed by atoms with van der Waals surface area (Å²) in [5, 5.41) is 17.7. The molecule has 1 fully saturated rings. The molecule has 3 aromatic carbocycles. The number of hydrogen-bond acceptors (Lipinski definition) is 4. The number of anilines is 1. The Morgan fingerprint density at radius 3 is 2.46 bits per heavy atom. The van der Waals surface area contributed by atoms with E-state index in [1.807, 2.05) is 30.3 Å². The van der Waals surface area contributed by atoms with Crippen molar-refractivity contribution in [3.05, 3.63) is 107 Å². The molecule has 0 saturated heterocycles. The van der Waals surface area contributed by atoms with Gasteiger partial charge in [0.15, 0.2) is 0 Å². The molecule has 6 nitrogen and oxygen atoms in total. The fourth-order valence-corrected chi connectivity index (χ4v) is 8.22. The quantitative estimate of drug-likeness (QED) is 0.218. The topological polar surface area (TPSA) is 93.2 Å². The number of alkyl halides is 3. The second-order valence-electron chi connectivity index (χ2n) is 9.66. The van der Waals surface area contributed by atoms with Gasteiger partial charge in [0.1, 0.15) is 0 Å². The Morgan fingerprint density at radius 1 is 1.05 bits per heavy atom. The van der Waals surface area contributed by atoms with Gasteiger partial charge in [0.05, 0.1) is 0 Å². The zero-order chi connectivity index (χ0) is 27.6. The van der Waals surface area contributed by atoms with Crippen molar-refractivity contribution in [1.29, 1.82) is 0 Å². The van der Waals surface area contributed by atoms with Crippen molar-refractivity contribution in [2.24, 2.45) is 11.7 Å². The summed E-state index contributed by atoms with van der Waals surface area (Å²) in [5.41, 5.74) is 7.80. The SMILES string of the molecule is NCc1cccc(-n2nc(C(F)(F)F)cc2C(=O)Nc2cccc(C([AsH]CC3CC3)c3cccc(O)c3)c2)c1. The number of nitrogens with one attached hydrogen (secondary N) is 1. The van der Waals surface area contributed by atoms with E-state index in [0.717, 1.165) is 27.8 Å². The molecule has 1 amide bonds. The third-order valence-electron chi connectivity index (χ3n) is 6.61. The number of aromatic hydroxyl groups is 1. The van der Waals surface area contributed by atoms with Crippen LogP contribution in [0.25, 0.3) is 5.69 Å². The third-order valence-corrected chi connectivity index (χ3v) is 10.6. The standard InChI is InChI=1S/C29H28AsF3N4O2/c31-29(32,33)26-15-25(37(36-26)23-8-1-4-19(12-23)17-34)28(39)35-22-7-2-5-20(13-22)27(30-16-18-10-11-18)21-6-3-9-24(38)14-21/h1-9,12-15,18,27,30,38H,10-11,16-17,34H2,(H,35,39). The van der Waals surface area contributed by atoms with Gasteiger partial charge in [-0.05, 0) is 0 Å². The first-order valence-corrected chi connectivity index (χ1v) is 15.3. The van der Waals surface area contributed by atoms with Crippen molar-refractivity contribution in [3.63, 3.8) is 0 Å². The summed E-state index contributed by atoms with van der Waals surface area (Å²) in [4.78, 5) is 13.3. The number of rotatable bonds is 9. The van der Waals surface area contributed by atoms with Crippen LogP contribution in [0.3, 0.4) is 0 Å². The van der Waals surface area contributed by atoms with Gasteiger partial charge >= 0.3 is 225 Å². The van der Waals surface area contributed by atoms with Crippen LogP contribution in [0.4, 0.5) is 18.9 Å². The number of phenolic OH excluding ortho intramolecular Hbond substituents is 1. The van der Waals surface area contributed by atoms with Crippen LogP contribution in [0.1, 0.15) is 50.4 Å². The average Bonchev–Trinajstić information content (AvgIpc) is 3.62. The van der Waals surface area contributed by atoms with Crippen LogP contribution in [0.5, 0.6) is 5.75 Å². The normalized spacial score (nSPS) is 14.6. The van der Waals surface area contributed by atoms with Crippen molar-refractivity contribution in [2.75, 3.05) is 5.32 Å². The Kier molecular flexibility index (Phi) is 7.82. The van der Waals surface area contributed by atoms with Gasteiger partial charge in [0.25, 0.3) is 0 Å². The van der Waals surface area contributed by atoms with E-state index >= 15 is 0 Å². The fourth-order valence-electron chi connectivity index (χ4n) is 4.42. The Morgan fingerprint density at radius 2 is 1.77 bits per heavy atom. The first-order valence-electron chi connectivity index (χ1n) is 12.6. The van der Waals surface area contributed by atoms with Crippen LogP contribution in [0, 0.1) is 5.92 Å². The summed E-state index contributed by atoms with van der Waals surface area (Å²) in [6.45, 7) is 0.194. The molecule has 4 aromatic rings. The number of amides is 1. The van der Waals surface area contributed by atoms with Crippen molar-refractivity contribution < 1.29 is 23.1 Å². The van der Waals surface area contributed by atoms with Crippen molar-refractivity contribution in [3.8, 4) is 11.4 Å². The molecule has 1 heterocycles. The monoisotopic (exact) mass is 596 g/mol. The number of aromatic nitrogens is 2. The van der Waals surface area contributed by atoms with Crippen LogP contribution in [0.15, 0.2) is 78.9 Å². The van der Waals surface area contributed by atoms with E-state index in [1.165, 1.54) is 18.1 Å². The molecule has 1 aliphatic rings. The van der Waals surface area contributed by atoms with E-state index in [2.05, 4.69) is 10.4 Å². The molecule has 2 atom stereocenters. The molecule has 0 spiro atoms. The summed E-state index contributed by atoms with van der Waals surface area (Å²) >= 11 is -0.451. The average molecular weight is 596 g/mol. The van der Waals surface area contributed by atoms with Crippen LogP contribution < -0.4 is 11.1 Å². The third kappa shape index (κ3) is 6.54. The van der Waals surface area contributed by atoms with Crippen molar-refractivity contribution in [1.82, 2.24) is 9.78 Å². The Labute approximate surface area is 230 Å². The molecule has 1 aliphatic carbocycles. The summed E-state index contributed by atoms with van der Waals surface area (Å²) in [6.07, 6.45) is -2.20. The molecular formula is C29H28AsF3N4O2. The van der Waals surface area contributed by atoms with Crippen molar-refractivity contribution >= 4 is 27.3 Å². The Bertz CT molecular complexity index is 1480. The van der Waals surface area contributed by atoms with Crippen molar-refractivity contribution in [2.45, 2.75) is 35.5 Å². The van der Waals surface area contributed by atoms with Gasteiger partial charge in [-0.25, -0.2) is 0 Å². The van der Waals surface area contributed by atoms with Crippen LogP contribution in [-0.4, -0.2) is 36.5 Å². The van der Waals surface area contributed by atoms with E-state index in [9.17, 15) is 23.1 Å². The number of carbonyl (C=O) groups excluding carboxylic acids is 1. The van der Waals surface area contributed by atoms with Gasteiger partial charge in [-0.2, -0.15) is 0 Å². The second-order valence-corrected chi connectivity index (χ2v) is 12.6. The zero-order valence-corrected chi connectivity index (χ0v) is 23.0. The molecule has 0 bridgehead atoms. The van der Waals surface area contributed by atoms with Crippen LogP contribution in [0.2, 0.25) is 5.21 Å². The number of nitrogens with zero attached hydrogens (tertiary/aromatic N) is 2. The number of benzene rings is 3. The number of nitrogens with two attached hydrogens (primary N) is 1. The van der Waals surface area contributed by atoms with E-state index in [0.29, 0.717) is 16.9 Å². The molecule has 4 N–H and O–H groups in total. The molecule has 1 aromatic heterocycles. The molecule has 10 heteroatoms. The molecule has 0 aliphatic heterocycles. The van der Waals surface area contributed by atoms with Gasteiger partial charge in [0, 0.05) is 0 Å². The molecule has 39 heavy (non-hydrogen) atoms. The minimum atomic E-state index is -4.72. The minimum absolute atomic E-state index is 0.121. The maximum atomic E-state index is 13.6. The van der Waals surface area contributed by atoms with E-state index in [-0.39, 0.29) is 22.7 Å². The number of hydrogen-bond donors (Lipinski definition) is 3. The summed E-state index contributed by atoms with van der Waals surface area (Å²) in [7, 11) is 0. The molecular weight excluding hydrogens is 568 g/mol. The summed E-state index contributed by atoms with van der Waals surface area (Å²) < 4.78 is 41.8. The van der Waals surface area contributed by atoms with Crippen LogP contribution >= 0.6 is 0 Å². The zero-order valence-electron chi connectivity index (χ0n) is 20.9. The predicted molar refractivity (Wildman–Crippen MR) is 145 cm³/mol. The summed E-state index contributed by atoms with van der Waals surface area (Å²) in [6, 6.07) is 22.0. The first-order chi connectivity index (χ1) is 18.7. The number of carbonyl (C=O) groups is 1. The fraction of sp³-hybridized carbons (Fsp3) is 0.241. The predicted octanol–water partition coefficient (Wildman–Crippen LogP) is 5.66. The van der Waals surface area contributed by atoms with E-state index in [1.54, 1.807) is 42.5 Å². The second kappa shape index (κ2) is 11.3. The van der Waals surface area contributed by atoms with Crippen LogP contribution in [-0.2, 0) is 12.7 Å². The molecule has 0 radical (unpaired) electrons. The maximum absolute atomic E-state index is 13.6. The van der Waals surface area contributed by atoms with E-state index in [4.69, 9.17) is 5.73 Å². The van der Waals surface area contributed by atoms with E-state index < -0.39 is 33.5 Å². The Hall–Kier alpha value is -3.55.